The molecule has 1 saturated heterocycles. The molecule has 2 atom stereocenters. The Labute approximate surface area is 159 Å². The molecule has 1 aliphatic rings. The second kappa shape index (κ2) is 7.07. The van der Waals surface area contributed by atoms with Crippen LogP contribution >= 0.6 is 0 Å². The van der Waals surface area contributed by atoms with Gasteiger partial charge in [-0.15, -0.1) is 0 Å². The van der Waals surface area contributed by atoms with Crippen LogP contribution in [0.25, 0.3) is 11.0 Å². The van der Waals surface area contributed by atoms with Gasteiger partial charge in [-0.05, 0) is 41.5 Å². The van der Waals surface area contributed by atoms with Gasteiger partial charge in [0.1, 0.15) is 11.2 Å². The number of hydrogen-bond acceptors (Lipinski definition) is 5. The minimum Gasteiger partial charge on any atom is -0.372 e. The molecule has 8 nitrogen and oxygen atoms in total. The van der Waals surface area contributed by atoms with Crippen molar-refractivity contribution in [2.45, 2.75) is 72.3 Å². The summed E-state index contributed by atoms with van der Waals surface area (Å²) in [5.74, 6) is 0.629. The van der Waals surface area contributed by atoms with Crippen LogP contribution in [-0.4, -0.2) is 55.4 Å². The van der Waals surface area contributed by atoms with Crippen LogP contribution in [0.15, 0.2) is 11.0 Å². The highest BCUT2D eigenvalue weighted by Crippen LogP contribution is 2.18. The van der Waals surface area contributed by atoms with Crippen molar-refractivity contribution in [3.63, 3.8) is 0 Å². The van der Waals surface area contributed by atoms with Crippen LogP contribution in [0.4, 0.5) is 0 Å². The maximum atomic E-state index is 12.9. The van der Waals surface area contributed by atoms with Crippen molar-refractivity contribution < 1.29 is 9.53 Å². The first-order chi connectivity index (χ1) is 12.6. The largest absolute Gasteiger partial charge is 0.372 e. The molecule has 3 rings (SSSR count). The fourth-order valence-electron chi connectivity index (χ4n) is 3.61. The molecule has 2 aromatic rings. The minimum atomic E-state index is -0.264. The van der Waals surface area contributed by atoms with Crippen molar-refractivity contribution >= 4 is 16.9 Å². The molecule has 0 bridgehead atoms. The number of morpholine rings is 1. The summed E-state index contributed by atoms with van der Waals surface area (Å²) in [7, 11) is 0. The quantitative estimate of drug-likeness (QED) is 0.815. The Morgan fingerprint density at radius 3 is 2.48 bits per heavy atom. The lowest BCUT2D eigenvalue weighted by atomic mass is 10.1. The Hall–Kier alpha value is -2.22. The van der Waals surface area contributed by atoms with E-state index in [1.54, 1.807) is 22.4 Å². The number of rotatable bonds is 3. The zero-order chi connectivity index (χ0) is 19.9. The molecule has 0 N–H and O–H groups in total. The van der Waals surface area contributed by atoms with E-state index in [-0.39, 0.29) is 35.6 Å². The standard InChI is InChI=1S/C19H29N5O3/c1-12-10-22(11-13(2)27-12)16(25)7-8-23-14(3)21-17-15(18(23)26)9-20-24(17)19(4,5)6/h9,12-13H,7-8,10-11H2,1-6H3. The second-order valence-electron chi connectivity index (χ2n) is 8.39. The van der Waals surface area contributed by atoms with E-state index in [9.17, 15) is 9.59 Å². The second-order valence-corrected chi connectivity index (χ2v) is 8.39. The highest BCUT2D eigenvalue weighted by molar-refractivity contribution is 5.76. The molecule has 27 heavy (non-hydrogen) atoms. The van der Waals surface area contributed by atoms with Gasteiger partial charge in [0.2, 0.25) is 5.91 Å². The van der Waals surface area contributed by atoms with E-state index in [4.69, 9.17) is 4.74 Å². The smallest absolute Gasteiger partial charge is 0.264 e. The molecule has 0 saturated carbocycles. The minimum absolute atomic E-state index is 0.0309. The van der Waals surface area contributed by atoms with Crippen molar-refractivity contribution in [1.82, 2.24) is 24.2 Å². The third kappa shape index (κ3) is 3.90. The van der Waals surface area contributed by atoms with Crippen molar-refractivity contribution in [2.24, 2.45) is 0 Å². The number of hydrogen-bond donors (Lipinski definition) is 0. The molecular formula is C19H29N5O3. The van der Waals surface area contributed by atoms with Crippen LogP contribution in [0.5, 0.6) is 0 Å². The summed E-state index contributed by atoms with van der Waals surface area (Å²) >= 11 is 0. The van der Waals surface area contributed by atoms with Gasteiger partial charge in [0, 0.05) is 26.1 Å². The normalized spacial score (nSPS) is 21.0. The molecule has 0 spiro atoms. The summed E-state index contributed by atoms with van der Waals surface area (Å²) < 4.78 is 9.02. The number of carbonyl (C=O) groups excluding carboxylic acids is 1. The maximum Gasteiger partial charge on any atom is 0.264 e. The number of ether oxygens (including phenoxy) is 1. The number of amides is 1. The number of aryl methyl sites for hydroxylation is 1. The molecule has 1 amide bonds. The molecule has 8 heteroatoms. The summed E-state index contributed by atoms with van der Waals surface area (Å²) in [5, 5.41) is 4.83. The van der Waals surface area contributed by atoms with Gasteiger partial charge in [0.05, 0.1) is 23.9 Å². The first-order valence-corrected chi connectivity index (χ1v) is 9.47. The summed E-state index contributed by atoms with van der Waals surface area (Å²) in [6.45, 7) is 13.3. The van der Waals surface area contributed by atoms with E-state index in [0.29, 0.717) is 36.5 Å². The van der Waals surface area contributed by atoms with Crippen molar-refractivity contribution in [3.05, 3.63) is 22.4 Å². The molecule has 0 radical (unpaired) electrons. The van der Waals surface area contributed by atoms with E-state index in [1.807, 2.05) is 39.5 Å². The average Bonchev–Trinajstić information content (AvgIpc) is 2.97. The fourth-order valence-corrected chi connectivity index (χ4v) is 3.61. The Morgan fingerprint density at radius 2 is 1.89 bits per heavy atom. The number of carbonyl (C=O) groups is 1. The maximum absolute atomic E-state index is 12.9. The fraction of sp³-hybridized carbons (Fsp3) is 0.684. The number of nitrogens with zero attached hydrogens (tertiary/aromatic N) is 5. The zero-order valence-electron chi connectivity index (χ0n) is 17.0. The topological polar surface area (TPSA) is 82.2 Å². The van der Waals surface area contributed by atoms with E-state index in [0.717, 1.165) is 0 Å². The molecule has 148 valence electrons. The molecule has 2 unspecified atom stereocenters. The van der Waals surface area contributed by atoms with Crippen molar-refractivity contribution in [1.29, 1.82) is 0 Å². The number of fused-ring (bicyclic) bond motifs is 1. The van der Waals surface area contributed by atoms with Gasteiger partial charge in [0.15, 0.2) is 5.65 Å². The van der Waals surface area contributed by atoms with Gasteiger partial charge >= 0.3 is 0 Å². The van der Waals surface area contributed by atoms with Gasteiger partial charge < -0.3 is 9.64 Å². The monoisotopic (exact) mass is 375 g/mol. The lowest BCUT2D eigenvalue weighted by molar-refractivity contribution is -0.143. The lowest BCUT2D eigenvalue weighted by Gasteiger charge is -2.35. The highest BCUT2D eigenvalue weighted by Gasteiger charge is 2.26. The van der Waals surface area contributed by atoms with Crippen LogP contribution in [0.3, 0.4) is 0 Å². The first-order valence-electron chi connectivity index (χ1n) is 9.47. The molecule has 3 heterocycles. The first kappa shape index (κ1) is 19.5. The third-order valence-electron chi connectivity index (χ3n) is 4.83. The van der Waals surface area contributed by atoms with E-state index in [2.05, 4.69) is 10.1 Å². The summed E-state index contributed by atoms with van der Waals surface area (Å²) in [5.41, 5.74) is 0.174. The molecular weight excluding hydrogens is 346 g/mol. The zero-order valence-corrected chi connectivity index (χ0v) is 17.0. The van der Waals surface area contributed by atoms with Gasteiger partial charge in [0.25, 0.3) is 5.56 Å². The SMILES string of the molecule is Cc1nc2c(cnn2C(C)(C)C)c(=O)n1CCC(=O)N1CC(C)OC(C)C1. The Bertz CT molecular complexity index is 898. The van der Waals surface area contributed by atoms with Crippen LogP contribution < -0.4 is 5.56 Å². The van der Waals surface area contributed by atoms with Crippen LogP contribution in [-0.2, 0) is 21.6 Å². The van der Waals surface area contributed by atoms with Gasteiger partial charge in [-0.2, -0.15) is 5.10 Å². The predicted octanol–water partition coefficient (Wildman–Crippen LogP) is 1.68. The van der Waals surface area contributed by atoms with E-state index >= 15 is 0 Å². The molecule has 0 aliphatic carbocycles. The molecule has 1 aliphatic heterocycles. The number of aromatic nitrogens is 4. The Balaban J connectivity index is 1.81. The van der Waals surface area contributed by atoms with Crippen LogP contribution in [0, 0.1) is 6.92 Å². The summed E-state index contributed by atoms with van der Waals surface area (Å²) in [6.07, 6.45) is 1.90. The lowest BCUT2D eigenvalue weighted by Crippen LogP contribution is -2.48. The molecule has 0 aromatic carbocycles. The predicted molar refractivity (Wildman–Crippen MR) is 103 cm³/mol. The third-order valence-corrected chi connectivity index (χ3v) is 4.83. The van der Waals surface area contributed by atoms with Gasteiger partial charge in [-0.25, -0.2) is 9.67 Å². The van der Waals surface area contributed by atoms with E-state index in [1.165, 1.54) is 0 Å². The summed E-state index contributed by atoms with van der Waals surface area (Å²) in [4.78, 5) is 31.9. The van der Waals surface area contributed by atoms with Gasteiger partial charge in [-0.1, -0.05) is 0 Å². The Morgan fingerprint density at radius 1 is 1.26 bits per heavy atom. The highest BCUT2D eigenvalue weighted by atomic mass is 16.5. The average molecular weight is 375 g/mol. The van der Waals surface area contributed by atoms with Gasteiger partial charge in [-0.3, -0.25) is 14.2 Å². The van der Waals surface area contributed by atoms with Crippen LogP contribution in [0.2, 0.25) is 0 Å². The Kier molecular flexibility index (Phi) is 5.12. The summed E-state index contributed by atoms with van der Waals surface area (Å²) in [6, 6.07) is 0. The van der Waals surface area contributed by atoms with Crippen molar-refractivity contribution in [3.8, 4) is 0 Å². The molecule has 1 fully saturated rings. The van der Waals surface area contributed by atoms with E-state index < -0.39 is 0 Å². The van der Waals surface area contributed by atoms with Crippen molar-refractivity contribution in [2.75, 3.05) is 13.1 Å². The molecule has 2 aromatic heterocycles. The van der Waals surface area contributed by atoms with Crippen LogP contribution in [0.1, 0.15) is 46.9 Å².